The molecule has 0 saturated carbocycles. The third-order valence-corrected chi connectivity index (χ3v) is 5.22. The number of ether oxygens (including phenoxy) is 1. The summed E-state index contributed by atoms with van der Waals surface area (Å²) in [7, 11) is 0. The number of nitrogens with zero attached hydrogens (tertiary/aromatic N) is 1. The molecule has 1 atom stereocenters. The van der Waals surface area contributed by atoms with E-state index in [1.165, 1.54) is 0 Å². The minimum absolute atomic E-state index is 0.367. The van der Waals surface area contributed by atoms with Crippen LogP contribution < -0.4 is 15.8 Å². The van der Waals surface area contributed by atoms with E-state index in [-0.39, 0.29) is 0 Å². The van der Waals surface area contributed by atoms with Gasteiger partial charge in [-0.05, 0) is 42.7 Å². The average molecular weight is 383 g/mol. The van der Waals surface area contributed by atoms with Gasteiger partial charge in [0.15, 0.2) is 0 Å². The summed E-state index contributed by atoms with van der Waals surface area (Å²) in [6.45, 7) is 5.47. The van der Waals surface area contributed by atoms with Crippen LogP contribution in [0.4, 0.5) is 10.5 Å². The number of rotatable bonds is 7. The number of anilines is 1. The number of likely N-dealkylation sites (tertiary alicyclic amines) is 1. The molecule has 6 nitrogen and oxygen atoms in total. The van der Waals surface area contributed by atoms with Crippen molar-refractivity contribution in [1.82, 2.24) is 4.90 Å². The smallest absolute Gasteiger partial charge is 0.316 e. The Hall–Kier alpha value is -2.57. The largest absolute Gasteiger partial charge is 0.493 e. The molecule has 1 saturated heterocycles. The van der Waals surface area contributed by atoms with Gasteiger partial charge < -0.3 is 25.8 Å². The first kappa shape index (κ1) is 20.2. The zero-order valence-corrected chi connectivity index (χ0v) is 16.3. The maximum atomic E-state index is 10.9. The van der Waals surface area contributed by atoms with Crippen LogP contribution >= 0.6 is 0 Å². The number of primary amides is 1. The van der Waals surface area contributed by atoms with Crippen molar-refractivity contribution in [1.29, 1.82) is 0 Å². The number of hydrogen-bond acceptors (Lipinski definition) is 4. The molecule has 1 aliphatic rings. The number of amides is 2. The first-order valence-electron chi connectivity index (χ1n) is 9.74. The number of benzene rings is 2. The van der Waals surface area contributed by atoms with Gasteiger partial charge in [-0.15, -0.1) is 0 Å². The summed E-state index contributed by atoms with van der Waals surface area (Å²) >= 11 is 0. The Kier molecular flexibility index (Phi) is 6.54. The van der Waals surface area contributed by atoms with Gasteiger partial charge in [0, 0.05) is 31.2 Å². The minimum Gasteiger partial charge on any atom is -0.493 e. The van der Waals surface area contributed by atoms with E-state index in [0.29, 0.717) is 18.2 Å². The predicted octanol–water partition coefficient (Wildman–Crippen LogP) is 3.18. The minimum atomic E-state index is -0.710. The SMILES string of the molecule is CC(COc1ccc(NC(N)=O)cc1)CN1CCC(O)(c2ccccc2)CC1. The number of nitrogens with two attached hydrogens (primary N) is 1. The second kappa shape index (κ2) is 9.08. The van der Waals surface area contributed by atoms with Crippen LogP contribution in [0.25, 0.3) is 0 Å². The molecule has 0 aromatic heterocycles. The average Bonchev–Trinajstić information content (AvgIpc) is 2.70. The van der Waals surface area contributed by atoms with Crippen LogP contribution in [0.5, 0.6) is 5.75 Å². The first-order valence-corrected chi connectivity index (χ1v) is 9.74. The van der Waals surface area contributed by atoms with Crippen LogP contribution in [0.2, 0.25) is 0 Å². The standard InChI is InChI=1S/C22H29N3O3/c1-17(16-28-20-9-7-19(8-10-20)24-21(23)26)15-25-13-11-22(27,12-14-25)18-5-3-2-4-6-18/h2-10,17,27H,11-16H2,1H3,(H3,23,24,26). The van der Waals surface area contributed by atoms with Crippen molar-refractivity contribution in [2.75, 3.05) is 31.6 Å². The van der Waals surface area contributed by atoms with E-state index in [4.69, 9.17) is 10.5 Å². The highest BCUT2D eigenvalue weighted by Crippen LogP contribution is 2.32. The van der Waals surface area contributed by atoms with Gasteiger partial charge in [-0.25, -0.2) is 4.79 Å². The fraction of sp³-hybridized carbons (Fsp3) is 0.409. The normalized spacial score (nSPS) is 17.6. The van der Waals surface area contributed by atoms with Crippen LogP contribution in [0.15, 0.2) is 54.6 Å². The molecular formula is C22H29N3O3. The van der Waals surface area contributed by atoms with E-state index in [1.54, 1.807) is 12.1 Å². The third-order valence-electron chi connectivity index (χ3n) is 5.22. The molecule has 2 amide bonds. The third kappa shape index (κ3) is 5.47. The Morgan fingerprint density at radius 3 is 2.43 bits per heavy atom. The van der Waals surface area contributed by atoms with Crippen molar-refractivity contribution < 1.29 is 14.6 Å². The van der Waals surface area contributed by atoms with E-state index < -0.39 is 11.6 Å². The second-order valence-electron chi connectivity index (χ2n) is 7.63. The van der Waals surface area contributed by atoms with Crippen molar-refractivity contribution >= 4 is 11.7 Å². The maximum absolute atomic E-state index is 10.9. The molecular weight excluding hydrogens is 354 g/mol. The van der Waals surface area contributed by atoms with Crippen LogP contribution in [0, 0.1) is 5.92 Å². The van der Waals surface area contributed by atoms with E-state index >= 15 is 0 Å². The van der Waals surface area contributed by atoms with Gasteiger partial charge in [-0.3, -0.25) is 0 Å². The van der Waals surface area contributed by atoms with Gasteiger partial charge in [0.2, 0.25) is 0 Å². The highest BCUT2D eigenvalue weighted by atomic mass is 16.5. The number of hydrogen-bond donors (Lipinski definition) is 3. The molecule has 2 aromatic rings. The molecule has 4 N–H and O–H groups in total. The van der Waals surface area contributed by atoms with Crippen LogP contribution in [-0.4, -0.2) is 42.3 Å². The molecule has 0 radical (unpaired) electrons. The number of piperidine rings is 1. The summed E-state index contributed by atoms with van der Waals surface area (Å²) < 4.78 is 5.86. The second-order valence-corrected chi connectivity index (χ2v) is 7.63. The highest BCUT2D eigenvalue weighted by Gasteiger charge is 2.33. The topological polar surface area (TPSA) is 87.8 Å². The highest BCUT2D eigenvalue weighted by molar-refractivity contribution is 5.87. The van der Waals surface area contributed by atoms with Crippen molar-refractivity contribution in [2.24, 2.45) is 11.7 Å². The lowest BCUT2D eigenvalue weighted by Crippen LogP contribution is -2.44. The Morgan fingerprint density at radius 2 is 1.82 bits per heavy atom. The summed E-state index contributed by atoms with van der Waals surface area (Å²) in [6, 6.07) is 16.5. The molecule has 1 unspecified atom stereocenters. The number of carbonyl (C=O) groups is 1. The predicted molar refractivity (Wildman–Crippen MR) is 110 cm³/mol. The molecule has 150 valence electrons. The van der Waals surface area contributed by atoms with Crippen molar-refractivity contribution in [3.63, 3.8) is 0 Å². The summed E-state index contributed by atoms with van der Waals surface area (Å²) in [5.74, 6) is 1.13. The summed E-state index contributed by atoms with van der Waals surface area (Å²) in [4.78, 5) is 13.2. The molecule has 2 aromatic carbocycles. The number of urea groups is 1. The van der Waals surface area contributed by atoms with E-state index in [9.17, 15) is 9.90 Å². The maximum Gasteiger partial charge on any atom is 0.316 e. The number of aliphatic hydroxyl groups is 1. The quantitative estimate of drug-likeness (QED) is 0.685. The molecule has 6 heteroatoms. The van der Waals surface area contributed by atoms with Gasteiger partial charge in [0.25, 0.3) is 0 Å². The van der Waals surface area contributed by atoms with Gasteiger partial charge >= 0.3 is 6.03 Å². The van der Waals surface area contributed by atoms with Crippen molar-refractivity contribution in [3.8, 4) is 5.75 Å². The fourth-order valence-corrected chi connectivity index (χ4v) is 3.65. The lowest BCUT2D eigenvalue weighted by Gasteiger charge is -2.39. The lowest BCUT2D eigenvalue weighted by atomic mass is 9.84. The number of nitrogens with one attached hydrogen (secondary N) is 1. The molecule has 0 bridgehead atoms. The summed E-state index contributed by atoms with van der Waals surface area (Å²) in [5.41, 5.74) is 6.05. The number of carbonyl (C=O) groups excluding carboxylic acids is 1. The van der Waals surface area contributed by atoms with Crippen LogP contribution in [-0.2, 0) is 5.60 Å². The van der Waals surface area contributed by atoms with Crippen LogP contribution in [0.1, 0.15) is 25.3 Å². The van der Waals surface area contributed by atoms with Gasteiger partial charge in [-0.2, -0.15) is 0 Å². The Morgan fingerprint density at radius 1 is 1.18 bits per heavy atom. The van der Waals surface area contributed by atoms with E-state index in [2.05, 4.69) is 17.1 Å². The fourth-order valence-electron chi connectivity index (χ4n) is 3.65. The first-order chi connectivity index (χ1) is 13.4. The zero-order valence-electron chi connectivity index (χ0n) is 16.3. The molecule has 28 heavy (non-hydrogen) atoms. The monoisotopic (exact) mass is 383 g/mol. The molecule has 0 aliphatic carbocycles. The van der Waals surface area contributed by atoms with Gasteiger partial charge in [0.05, 0.1) is 12.2 Å². The van der Waals surface area contributed by atoms with Gasteiger partial charge in [0.1, 0.15) is 5.75 Å². The summed E-state index contributed by atoms with van der Waals surface area (Å²) in [6.07, 6.45) is 1.50. The zero-order chi connectivity index (χ0) is 20.0. The molecule has 3 rings (SSSR count). The lowest BCUT2D eigenvalue weighted by molar-refractivity contribution is -0.0294. The van der Waals surface area contributed by atoms with E-state index in [0.717, 1.165) is 43.8 Å². The molecule has 1 aliphatic heterocycles. The summed E-state index contributed by atoms with van der Waals surface area (Å²) in [5, 5.41) is 13.5. The van der Waals surface area contributed by atoms with Gasteiger partial charge in [-0.1, -0.05) is 37.3 Å². The Balaban J connectivity index is 1.42. The Bertz CT molecular complexity index is 756. The molecule has 1 heterocycles. The Labute approximate surface area is 166 Å². The molecule has 1 fully saturated rings. The van der Waals surface area contributed by atoms with Crippen molar-refractivity contribution in [2.45, 2.75) is 25.4 Å². The van der Waals surface area contributed by atoms with Crippen LogP contribution in [0.3, 0.4) is 0 Å². The molecule has 0 spiro atoms. The van der Waals surface area contributed by atoms with Crippen molar-refractivity contribution in [3.05, 3.63) is 60.2 Å². The van der Waals surface area contributed by atoms with E-state index in [1.807, 2.05) is 42.5 Å².